The van der Waals surface area contributed by atoms with Gasteiger partial charge >= 0.3 is 0 Å². The number of pyridine rings is 1. The van der Waals surface area contributed by atoms with Crippen LogP contribution < -0.4 is 5.32 Å². The quantitative estimate of drug-likeness (QED) is 0.776. The fourth-order valence-electron chi connectivity index (χ4n) is 1.66. The van der Waals surface area contributed by atoms with Gasteiger partial charge in [-0.05, 0) is 30.3 Å². The van der Waals surface area contributed by atoms with E-state index in [2.05, 4.69) is 15.4 Å². The number of rotatable bonds is 3. The number of hydrogen-bond donors (Lipinski definition) is 1. The van der Waals surface area contributed by atoms with E-state index in [0.717, 1.165) is 0 Å². The summed E-state index contributed by atoms with van der Waals surface area (Å²) in [6.45, 7) is 0. The highest BCUT2D eigenvalue weighted by atomic mass is 16.3. The van der Waals surface area contributed by atoms with Gasteiger partial charge in [-0.2, -0.15) is 5.10 Å². The Labute approximate surface area is 108 Å². The van der Waals surface area contributed by atoms with Gasteiger partial charge in [0.15, 0.2) is 11.6 Å². The predicted molar refractivity (Wildman–Crippen MR) is 68.0 cm³/mol. The maximum atomic E-state index is 11.9. The molecule has 0 fully saturated rings. The fraction of sp³-hybridized carbons (Fsp3) is 0. The number of nitrogens with one attached hydrogen (secondary N) is 1. The van der Waals surface area contributed by atoms with Gasteiger partial charge in [-0.3, -0.25) is 4.79 Å². The molecule has 0 bridgehead atoms. The summed E-state index contributed by atoms with van der Waals surface area (Å²) in [4.78, 5) is 16.1. The minimum Gasteiger partial charge on any atom is -0.459 e. The molecule has 0 radical (unpaired) electrons. The van der Waals surface area contributed by atoms with Gasteiger partial charge in [0.25, 0.3) is 5.91 Å². The summed E-state index contributed by atoms with van der Waals surface area (Å²) < 4.78 is 6.62. The average Bonchev–Trinajstić information content (AvgIpc) is 3.13. The second kappa shape index (κ2) is 4.77. The molecule has 3 aromatic heterocycles. The third-order valence-corrected chi connectivity index (χ3v) is 2.50. The van der Waals surface area contributed by atoms with Gasteiger partial charge in [0.1, 0.15) is 0 Å². The first-order valence-corrected chi connectivity index (χ1v) is 5.64. The number of hydrogen-bond acceptors (Lipinski definition) is 4. The second-order valence-corrected chi connectivity index (χ2v) is 3.76. The molecule has 0 aliphatic heterocycles. The summed E-state index contributed by atoms with van der Waals surface area (Å²) in [5.74, 6) is 0.467. The molecule has 0 spiro atoms. The van der Waals surface area contributed by atoms with E-state index < -0.39 is 0 Å². The van der Waals surface area contributed by atoms with Crippen molar-refractivity contribution in [3.8, 4) is 5.82 Å². The summed E-state index contributed by atoms with van der Waals surface area (Å²) >= 11 is 0. The number of nitrogens with zero attached hydrogens (tertiary/aromatic N) is 3. The van der Waals surface area contributed by atoms with Crippen molar-refractivity contribution in [1.29, 1.82) is 0 Å². The molecular weight excluding hydrogens is 244 g/mol. The van der Waals surface area contributed by atoms with Gasteiger partial charge in [-0.1, -0.05) is 0 Å². The van der Waals surface area contributed by atoms with Crippen LogP contribution in [0.3, 0.4) is 0 Å². The van der Waals surface area contributed by atoms with E-state index in [4.69, 9.17) is 4.42 Å². The third-order valence-electron chi connectivity index (χ3n) is 2.50. The van der Waals surface area contributed by atoms with E-state index in [1.54, 1.807) is 53.6 Å². The topological polar surface area (TPSA) is 73.0 Å². The summed E-state index contributed by atoms with van der Waals surface area (Å²) in [7, 11) is 0. The molecule has 3 rings (SSSR count). The maximum Gasteiger partial charge on any atom is 0.291 e. The SMILES string of the molecule is O=C(Nc1cccnc1-n1cccn1)c1ccco1. The Bertz CT molecular complexity index is 675. The van der Waals surface area contributed by atoms with Crippen LogP contribution in [0.5, 0.6) is 0 Å². The highest BCUT2D eigenvalue weighted by molar-refractivity contribution is 6.03. The molecule has 94 valence electrons. The number of carbonyl (C=O) groups is 1. The summed E-state index contributed by atoms with van der Waals surface area (Å²) in [6.07, 6.45) is 6.49. The predicted octanol–water partition coefficient (Wildman–Crippen LogP) is 2.11. The van der Waals surface area contributed by atoms with E-state index in [-0.39, 0.29) is 11.7 Å². The highest BCUT2D eigenvalue weighted by Gasteiger charge is 2.12. The summed E-state index contributed by atoms with van der Waals surface area (Å²) in [5.41, 5.74) is 0.563. The van der Waals surface area contributed by atoms with E-state index in [1.807, 2.05) is 0 Å². The minimum absolute atomic E-state index is 0.246. The van der Waals surface area contributed by atoms with Gasteiger partial charge in [0.05, 0.1) is 12.0 Å². The molecule has 1 N–H and O–H groups in total. The third kappa shape index (κ3) is 2.23. The largest absolute Gasteiger partial charge is 0.459 e. The van der Waals surface area contributed by atoms with Crippen molar-refractivity contribution >= 4 is 11.6 Å². The summed E-state index contributed by atoms with van der Waals surface area (Å²) in [6, 6.07) is 8.54. The van der Waals surface area contributed by atoms with Crippen LogP contribution >= 0.6 is 0 Å². The molecule has 6 heteroatoms. The highest BCUT2D eigenvalue weighted by Crippen LogP contribution is 2.17. The molecular formula is C13H10N4O2. The Hall–Kier alpha value is -2.89. The molecule has 3 heterocycles. The molecule has 0 aliphatic rings. The Morgan fingerprint density at radius 3 is 2.89 bits per heavy atom. The lowest BCUT2D eigenvalue weighted by molar-refractivity contribution is 0.0996. The molecule has 3 aromatic rings. The Morgan fingerprint density at radius 2 is 2.16 bits per heavy atom. The zero-order chi connectivity index (χ0) is 13.1. The van der Waals surface area contributed by atoms with Crippen LogP contribution in [0.15, 0.2) is 59.6 Å². The molecule has 0 aliphatic carbocycles. The molecule has 0 aromatic carbocycles. The molecule has 0 atom stereocenters. The van der Waals surface area contributed by atoms with Crippen molar-refractivity contribution in [2.24, 2.45) is 0 Å². The first kappa shape index (κ1) is 11.2. The molecule has 0 saturated heterocycles. The average molecular weight is 254 g/mol. The molecule has 0 unspecified atom stereocenters. The van der Waals surface area contributed by atoms with Crippen LogP contribution in [-0.4, -0.2) is 20.7 Å². The van der Waals surface area contributed by atoms with E-state index >= 15 is 0 Å². The van der Waals surface area contributed by atoms with Crippen molar-refractivity contribution in [2.45, 2.75) is 0 Å². The van der Waals surface area contributed by atoms with Crippen molar-refractivity contribution in [1.82, 2.24) is 14.8 Å². The zero-order valence-electron chi connectivity index (χ0n) is 9.85. The lowest BCUT2D eigenvalue weighted by Gasteiger charge is -2.08. The van der Waals surface area contributed by atoms with E-state index in [0.29, 0.717) is 11.5 Å². The minimum atomic E-state index is -0.327. The number of furan rings is 1. The monoisotopic (exact) mass is 254 g/mol. The lowest BCUT2D eigenvalue weighted by atomic mass is 10.3. The number of anilines is 1. The first-order chi connectivity index (χ1) is 9.34. The number of aromatic nitrogens is 3. The smallest absolute Gasteiger partial charge is 0.291 e. The Balaban J connectivity index is 1.92. The van der Waals surface area contributed by atoms with Crippen LogP contribution in [-0.2, 0) is 0 Å². The van der Waals surface area contributed by atoms with Crippen molar-refractivity contribution in [2.75, 3.05) is 5.32 Å². The Kier molecular flexibility index (Phi) is 2.82. The second-order valence-electron chi connectivity index (χ2n) is 3.76. The van der Waals surface area contributed by atoms with Crippen LogP contribution in [0.4, 0.5) is 5.69 Å². The van der Waals surface area contributed by atoms with Crippen molar-refractivity contribution < 1.29 is 9.21 Å². The molecule has 1 amide bonds. The lowest BCUT2D eigenvalue weighted by Crippen LogP contribution is -2.14. The summed E-state index contributed by atoms with van der Waals surface area (Å²) in [5, 5.41) is 6.84. The van der Waals surface area contributed by atoms with Crippen molar-refractivity contribution in [3.05, 3.63) is 60.9 Å². The van der Waals surface area contributed by atoms with Gasteiger partial charge in [-0.15, -0.1) is 0 Å². The fourth-order valence-corrected chi connectivity index (χ4v) is 1.66. The first-order valence-electron chi connectivity index (χ1n) is 5.64. The van der Waals surface area contributed by atoms with Crippen molar-refractivity contribution in [3.63, 3.8) is 0 Å². The van der Waals surface area contributed by atoms with Gasteiger partial charge in [0, 0.05) is 18.6 Å². The van der Waals surface area contributed by atoms with Crippen LogP contribution in [0, 0.1) is 0 Å². The number of carbonyl (C=O) groups excluding carboxylic acids is 1. The Morgan fingerprint density at radius 1 is 1.21 bits per heavy atom. The normalized spacial score (nSPS) is 10.3. The van der Waals surface area contributed by atoms with Crippen LogP contribution in [0.25, 0.3) is 5.82 Å². The maximum absolute atomic E-state index is 11.9. The molecule has 19 heavy (non-hydrogen) atoms. The molecule has 0 saturated carbocycles. The van der Waals surface area contributed by atoms with Gasteiger partial charge in [0.2, 0.25) is 0 Å². The molecule has 6 nitrogen and oxygen atoms in total. The van der Waals surface area contributed by atoms with Crippen LogP contribution in [0.1, 0.15) is 10.6 Å². The zero-order valence-corrected chi connectivity index (χ0v) is 9.85. The van der Waals surface area contributed by atoms with Gasteiger partial charge in [-0.25, -0.2) is 9.67 Å². The van der Waals surface area contributed by atoms with E-state index in [1.165, 1.54) is 6.26 Å². The van der Waals surface area contributed by atoms with E-state index in [9.17, 15) is 4.79 Å². The number of amides is 1. The standard InChI is InChI=1S/C13H10N4O2/c18-13(11-5-2-9-19-11)16-10-4-1-6-14-12(10)17-8-3-7-15-17/h1-9H,(H,16,18). The van der Waals surface area contributed by atoms with Gasteiger partial charge < -0.3 is 9.73 Å². The van der Waals surface area contributed by atoms with Crippen LogP contribution in [0.2, 0.25) is 0 Å².